The van der Waals surface area contributed by atoms with Crippen molar-refractivity contribution in [3.63, 3.8) is 0 Å². The molecule has 2 heterocycles. The van der Waals surface area contributed by atoms with Gasteiger partial charge in [0, 0.05) is 23.3 Å². The molecule has 1 aliphatic rings. The number of thioether (sulfide) groups is 1. The van der Waals surface area contributed by atoms with Crippen molar-refractivity contribution in [1.29, 1.82) is 0 Å². The number of rotatable bonds is 6. The second kappa shape index (κ2) is 7.66. The van der Waals surface area contributed by atoms with Gasteiger partial charge < -0.3 is 14.5 Å². The molecule has 0 aliphatic carbocycles. The SMILES string of the molecule is C[C@@H](CNC(=O)c1ncoc1[C@H]1CCCO1)Sc1ccccc1. The molecule has 1 saturated heterocycles. The third kappa shape index (κ3) is 4.14. The van der Waals surface area contributed by atoms with E-state index in [0.717, 1.165) is 12.8 Å². The highest BCUT2D eigenvalue weighted by atomic mass is 32.2. The van der Waals surface area contributed by atoms with E-state index in [0.29, 0.717) is 24.6 Å². The van der Waals surface area contributed by atoms with Gasteiger partial charge in [-0.25, -0.2) is 4.98 Å². The van der Waals surface area contributed by atoms with E-state index in [1.807, 2.05) is 18.2 Å². The molecule has 3 rings (SSSR count). The molecule has 1 N–H and O–H groups in total. The molecule has 1 aromatic carbocycles. The lowest BCUT2D eigenvalue weighted by atomic mass is 10.1. The number of carbonyl (C=O) groups is 1. The third-order valence-electron chi connectivity index (χ3n) is 3.66. The van der Waals surface area contributed by atoms with Crippen LogP contribution in [0.25, 0.3) is 0 Å². The summed E-state index contributed by atoms with van der Waals surface area (Å²) in [6.45, 7) is 3.36. The maximum Gasteiger partial charge on any atom is 0.273 e. The Labute approximate surface area is 139 Å². The van der Waals surface area contributed by atoms with Crippen LogP contribution in [-0.2, 0) is 4.74 Å². The molecule has 5 nitrogen and oxygen atoms in total. The zero-order chi connectivity index (χ0) is 16.1. The highest BCUT2D eigenvalue weighted by Gasteiger charge is 2.27. The van der Waals surface area contributed by atoms with Crippen LogP contribution in [0.1, 0.15) is 42.1 Å². The third-order valence-corrected chi connectivity index (χ3v) is 4.78. The Bertz CT molecular complexity index is 638. The van der Waals surface area contributed by atoms with Gasteiger partial charge in [-0.1, -0.05) is 25.1 Å². The molecule has 23 heavy (non-hydrogen) atoms. The lowest BCUT2D eigenvalue weighted by Gasteiger charge is -2.13. The molecule has 122 valence electrons. The summed E-state index contributed by atoms with van der Waals surface area (Å²) >= 11 is 1.73. The van der Waals surface area contributed by atoms with Gasteiger partial charge in [-0.2, -0.15) is 0 Å². The van der Waals surface area contributed by atoms with E-state index in [-0.39, 0.29) is 17.3 Å². The van der Waals surface area contributed by atoms with Gasteiger partial charge in [-0.05, 0) is 25.0 Å². The van der Waals surface area contributed by atoms with Gasteiger partial charge in [-0.15, -0.1) is 11.8 Å². The van der Waals surface area contributed by atoms with Crippen LogP contribution in [0.3, 0.4) is 0 Å². The van der Waals surface area contributed by atoms with Crippen LogP contribution in [0.2, 0.25) is 0 Å². The maximum atomic E-state index is 12.3. The standard InChI is InChI=1S/C17H20N2O3S/c1-12(23-13-6-3-2-4-7-13)10-18-17(20)15-16(22-11-19-15)14-8-5-9-21-14/h2-4,6-7,11-12,14H,5,8-10H2,1H3,(H,18,20)/t12-,14+/m0/s1. The number of oxazole rings is 1. The van der Waals surface area contributed by atoms with E-state index in [4.69, 9.17) is 9.15 Å². The molecule has 1 aromatic heterocycles. The largest absolute Gasteiger partial charge is 0.445 e. The molecule has 0 bridgehead atoms. The summed E-state index contributed by atoms with van der Waals surface area (Å²) in [6, 6.07) is 10.1. The van der Waals surface area contributed by atoms with E-state index in [2.05, 4.69) is 29.4 Å². The molecule has 1 aliphatic heterocycles. The zero-order valence-corrected chi connectivity index (χ0v) is 13.8. The molecular weight excluding hydrogens is 312 g/mol. The van der Waals surface area contributed by atoms with E-state index in [9.17, 15) is 4.79 Å². The quantitative estimate of drug-likeness (QED) is 0.821. The highest BCUT2D eigenvalue weighted by Crippen LogP contribution is 2.30. The zero-order valence-electron chi connectivity index (χ0n) is 13.0. The summed E-state index contributed by atoms with van der Waals surface area (Å²) in [6.07, 6.45) is 3.02. The number of hydrogen-bond acceptors (Lipinski definition) is 5. The predicted octanol–water partition coefficient (Wildman–Crippen LogP) is 3.44. The average Bonchev–Trinajstić information content (AvgIpc) is 3.24. The number of aromatic nitrogens is 1. The van der Waals surface area contributed by atoms with Crippen LogP contribution >= 0.6 is 11.8 Å². The average molecular weight is 332 g/mol. The molecule has 0 saturated carbocycles. The van der Waals surface area contributed by atoms with Gasteiger partial charge in [0.05, 0.1) is 0 Å². The Hall–Kier alpha value is -1.79. The van der Waals surface area contributed by atoms with Crippen molar-refractivity contribution < 1.29 is 13.9 Å². The van der Waals surface area contributed by atoms with Crippen molar-refractivity contribution in [3.05, 3.63) is 48.2 Å². The van der Waals surface area contributed by atoms with E-state index >= 15 is 0 Å². The number of benzene rings is 1. The fourth-order valence-electron chi connectivity index (χ4n) is 2.53. The van der Waals surface area contributed by atoms with Gasteiger partial charge in [0.25, 0.3) is 5.91 Å². The molecule has 1 fully saturated rings. The monoisotopic (exact) mass is 332 g/mol. The van der Waals surface area contributed by atoms with Crippen LogP contribution in [0.5, 0.6) is 0 Å². The van der Waals surface area contributed by atoms with Crippen molar-refractivity contribution >= 4 is 17.7 Å². The summed E-state index contributed by atoms with van der Waals surface area (Å²) in [5.74, 6) is 0.341. The van der Waals surface area contributed by atoms with Gasteiger partial charge in [0.15, 0.2) is 17.8 Å². The first-order valence-electron chi connectivity index (χ1n) is 7.79. The molecule has 0 unspecified atom stereocenters. The van der Waals surface area contributed by atoms with Gasteiger partial charge >= 0.3 is 0 Å². The predicted molar refractivity (Wildman–Crippen MR) is 88.5 cm³/mol. The van der Waals surface area contributed by atoms with Gasteiger partial charge in [-0.3, -0.25) is 4.79 Å². The minimum absolute atomic E-state index is 0.144. The fourth-order valence-corrected chi connectivity index (χ4v) is 3.48. The molecule has 1 amide bonds. The van der Waals surface area contributed by atoms with Crippen molar-refractivity contribution in [2.24, 2.45) is 0 Å². The summed E-state index contributed by atoms with van der Waals surface area (Å²) in [5, 5.41) is 3.19. The second-order valence-electron chi connectivity index (χ2n) is 5.52. The van der Waals surface area contributed by atoms with E-state index in [1.54, 1.807) is 11.8 Å². The minimum Gasteiger partial charge on any atom is -0.445 e. The van der Waals surface area contributed by atoms with Crippen LogP contribution < -0.4 is 5.32 Å². The number of nitrogens with one attached hydrogen (secondary N) is 1. The topological polar surface area (TPSA) is 64.4 Å². The fraction of sp³-hybridized carbons (Fsp3) is 0.412. The number of amides is 1. The Balaban J connectivity index is 1.54. The van der Waals surface area contributed by atoms with Crippen molar-refractivity contribution in [2.75, 3.05) is 13.2 Å². The first-order valence-corrected chi connectivity index (χ1v) is 8.67. The van der Waals surface area contributed by atoms with Crippen molar-refractivity contribution in [2.45, 2.75) is 36.0 Å². The smallest absolute Gasteiger partial charge is 0.273 e. The van der Waals surface area contributed by atoms with Crippen molar-refractivity contribution in [3.8, 4) is 0 Å². The number of carbonyl (C=O) groups excluding carboxylic acids is 1. The van der Waals surface area contributed by atoms with Crippen LogP contribution in [0.15, 0.2) is 46.0 Å². The summed E-state index contributed by atoms with van der Waals surface area (Å²) in [5.41, 5.74) is 0.341. The molecule has 6 heteroatoms. The van der Waals surface area contributed by atoms with Crippen LogP contribution in [0.4, 0.5) is 0 Å². The summed E-state index contributed by atoms with van der Waals surface area (Å²) < 4.78 is 10.9. The second-order valence-corrected chi connectivity index (χ2v) is 7.03. The van der Waals surface area contributed by atoms with Crippen LogP contribution in [-0.4, -0.2) is 29.3 Å². The Morgan fingerprint density at radius 2 is 2.26 bits per heavy atom. The Morgan fingerprint density at radius 3 is 3.00 bits per heavy atom. The van der Waals surface area contributed by atoms with Gasteiger partial charge in [0.1, 0.15) is 6.10 Å². The Kier molecular flexibility index (Phi) is 5.35. The maximum absolute atomic E-state index is 12.3. The highest BCUT2D eigenvalue weighted by molar-refractivity contribution is 8.00. The molecule has 0 radical (unpaired) electrons. The van der Waals surface area contributed by atoms with Crippen molar-refractivity contribution in [1.82, 2.24) is 10.3 Å². The van der Waals surface area contributed by atoms with Gasteiger partial charge in [0.2, 0.25) is 0 Å². The normalized spacial score (nSPS) is 18.7. The first-order chi connectivity index (χ1) is 11.2. The molecular formula is C17H20N2O3S. The molecule has 2 atom stereocenters. The summed E-state index contributed by atoms with van der Waals surface area (Å²) in [4.78, 5) is 17.6. The number of nitrogens with zero attached hydrogens (tertiary/aromatic N) is 1. The summed E-state index contributed by atoms with van der Waals surface area (Å²) in [7, 11) is 0. The van der Waals surface area contributed by atoms with E-state index in [1.165, 1.54) is 11.3 Å². The number of ether oxygens (including phenoxy) is 1. The number of hydrogen-bond donors (Lipinski definition) is 1. The lowest BCUT2D eigenvalue weighted by molar-refractivity contribution is 0.0862. The Morgan fingerprint density at radius 1 is 1.43 bits per heavy atom. The first kappa shape index (κ1) is 16.1. The molecule has 0 spiro atoms. The lowest BCUT2D eigenvalue weighted by Crippen LogP contribution is -2.30. The van der Waals surface area contributed by atoms with Crippen LogP contribution in [0, 0.1) is 0 Å². The van der Waals surface area contributed by atoms with E-state index < -0.39 is 0 Å². The minimum atomic E-state index is -0.204. The molecule has 2 aromatic rings.